The van der Waals surface area contributed by atoms with Crippen LogP contribution in [-0.4, -0.2) is 24.3 Å². The van der Waals surface area contributed by atoms with Crippen LogP contribution in [0.2, 0.25) is 0 Å². The lowest BCUT2D eigenvalue weighted by Crippen LogP contribution is -2.29. The Hall–Kier alpha value is -0.610. The lowest BCUT2D eigenvalue weighted by molar-refractivity contribution is -0.298. The molecule has 14 heavy (non-hydrogen) atoms. The third-order valence-electron chi connectivity index (χ3n) is 1.39. The Morgan fingerprint density at radius 3 is 2.07 bits per heavy atom. The molecule has 0 saturated carbocycles. The molecule has 0 aliphatic carbocycles. The number of hydrogen-bond donors (Lipinski definition) is 0. The fourth-order valence-corrected chi connectivity index (χ4v) is 0.844. The molecule has 0 aromatic heterocycles. The van der Waals surface area contributed by atoms with Gasteiger partial charge >= 0.3 is 5.97 Å². The molecule has 0 aromatic carbocycles. The quantitative estimate of drug-likeness (QED) is 0.491. The van der Waals surface area contributed by atoms with Gasteiger partial charge in [0.1, 0.15) is 0 Å². The zero-order valence-corrected chi connectivity index (χ0v) is 9.57. The summed E-state index contributed by atoms with van der Waals surface area (Å²) in [7, 11) is 0. The summed E-state index contributed by atoms with van der Waals surface area (Å²) in [5, 5.41) is 0. The summed E-state index contributed by atoms with van der Waals surface area (Å²) in [6.07, 6.45) is -0.0748. The lowest BCUT2D eigenvalue weighted by atomic mass is 10.3. The SMILES string of the molecule is CCC(OC(C)C)C(=O)OOC(C)C. The Balaban J connectivity index is 3.92. The van der Waals surface area contributed by atoms with Crippen LogP contribution in [0.4, 0.5) is 0 Å². The average Bonchev–Trinajstić information content (AvgIpc) is 2.09. The second-order valence-electron chi connectivity index (χ2n) is 3.63. The van der Waals surface area contributed by atoms with Crippen molar-refractivity contribution in [3.63, 3.8) is 0 Å². The van der Waals surface area contributed by atoms with E-state index in [4.69, 9.17) is 9.62 Å². The maximum Gasteiger partial charge on any atom is 0.370 e. The highest BCUT2D eigenvalue weighted by Gasteiger charge is 2.21. The minimum absolute atomic E-state index is 0.00606. The Morgan fingerprint density at radius 2 is 1.71 bits per heavy atom. The van der Waals surface area contributed by atoms with Gasteiger partial charge in [0.2, 0.25) is 0 Å². The molecule has 0 rings (SSSR count). The van der Waals surface area contributed by atoms with Gasteiger partial charge in [-0.05, 0) is 34.1 Å². The van der Waals surface area contributed by atoms with Gasteiger partial charge in [-0.15, -0.1) is 0 Å². The van der Waals surface area contributed by atoms with Crippen LogP contribution < -0.4 is 0 Å². The molecule has 0 heterocycles. The van der Waals surface area contributed by atoms with E-state index in [1.165, 1.54) is 0 Å². The van der Waals surface area contributed by atoms with Crippen molar-refractivity contribution in [1.82, 2.24) is 0 Å². The van der Waals surface area contributed by atoms with Gasteiger partial charge in [0.15, 0.2) is 6.10 Å². The minimum atomic E-state index is -0.534. The molecule has 0 aliphatic heterocycles. The Bertz CT molecular complexity index is 166. The number of hydrogen-bond acceptors (Lipinski definition) is 4. The first-order chi connectivity index (χ1) is 6.47. The van der Waals surface area contributed by atoms with Gasteiger partial charge in [0, 0.05) is 0 Å². The maximum atomic E-state index is 11.3. The molecule has 4 heteroatoms. The second kappa shape index (κ2) is 6.79. The zero-order valence-electron chi connectivity index (χ0n) is 9.57. The van der Waals surface area contributed by atoms with Gasteiger partial charge in [0.05, 0.1) is 12.2 Å². The van der Waals surface area contributed by atoms with Crippen LogP contribution in [0.15, 0.2) is 0 Å². The van der Waals surface area contributed by atoms with E-state index in [0.717, 1.165) is 0 Å². The van der Waals surface area contributed by atoms with E-state index in [1.54, 1.807) is 13.8 Å². The normalized spacial score (nSPS) is 13.4. The third kappa shape index (κ3) is 5.94. The Morgan fingerprint density at radius 1 is 1.14 bits per heavy atom. The number of rotatable bonds is 6. The summed E-state index contributed by atoms with van der Waals surface area (Å²) < 4.78 is 5.34. The molecular weight excluding hydrogens is 184 g/mol. The van der Waals surface area contributed by atoms with E-state index in [-0.39, 0.29) is 12.2 Å². The van der Waals surface area contributed by atoms with Crippen LogP contribution >= 0.6 is 0 Å². The van der Waals surface area contributed by atoms with E-state index in [2.05, 4.69) is 4.89 Å². The first-order valence-corrected chi connectivity index (χ1v) is 5.00. The highest BCUT2D eigenvalue weighted by Crippen LogP contribution is 2.05. The van der Waals surface area contributed by atoms with E-state index >= 15 is 0 Å². The molecule has 84 valence electrons. The highest BCUT2D eigenvalue weighted by atomic mass is 17.2. The smallest absolute Gasteiger partial charge is 0.364 e. The van der Waals surface area contributed by atoms with Crippen LogP contribution in [0.25, 0.3) is 0 Å². The monoisotopic (exact) mass is 204 g/mol. The van der Waals surface area contributed by atoms with Gasteiger partial charge in [-0.2, -0.15) is 4.89 Å². The molecule has 0 aliphatic rings. The van der Waals surface area contributed by atoms with Crippen LogP contribution in [0.5, 0.6) is 0 Å². The largest absolute Gasteiger partial charge is 0.370 e. The first-order valence-electron chi connectivity index (χ1n) is 5.00. The van der Waals surface area contributed by atoms with E-state index in [9.17, 15) is 4.79 Å². The van der Waals surface area contributed by atoms with Crippen LogP contribution in [0.3, 0.4) is 0 Å². The van der Waals surface area contributed by atoms with Crippen LogP contribution in [0, 0.1) is 0 Å². The molecule has 0 amide bonds. The van der Waals surface area contributed by atoms with Gasteiger partial charge in [-0.25, -0.2) is 4.79 Å². The molecule has 0 aromatic rings. The van der Waals surface area contributed by atoms with Crippen molar-refractivity contribution in [3.8, 4) is 0 Å². The summed E-state index contributed by atoms with van der Waals surface area (Å²) in [5.74, 6) is -0.463. The molecule has 4 nitrogen and oxygen atoms in total. The number of carbonyl (C=O) groups excluding carboxylic acids is 1. The number of carbonyl (C=O) groups is 1. The van der Waals surface area contributed by atoms with Gasteiger partial charge < -0.3 is 4.74 Å². The predicted molar refractivity (Wildman–Crippen MR) is 52.6 cm³/mol. The van der Waals surface area contributed by atoms with Crippen molar-refractivity contribution in [2.75, 3.05) is 0 Å². The molecular formula is C10H20O4. The summed E-state index contributed by atoms with van der Waals surface area (Å²) in [4.78, 5) is 20.7. The van der Waals surface area contributed by atoms with Crippen molar-refractivity contribution in [2.24, 2.45) is 0 Å². The average molecular weight is 204 g/mol. The van der Waals surface area contributed by atoms with Crippen molar-refractivity contribution < 1.29 is 19.3 Å². The van der Waals surface area contributed by atoms with E-state index < -0.39 is 12.1 Å². The molecule has 0 radical (unpaired) electrons. The topological polar surface area (TPSA) is 44.8 Å². The van der Waals surface area contributed by atoms with Gasteiger partial charge in [-0.3, -0.25) is 4.89 Å². The fourth-order valence-electron chi connectivity index (χ4n) is 0.844. The zero-order chi connectivity index (χ0) is 11.1. The molecule has 0 bridgehead atoms. The molecule has 0 spiro atoms. The van der Waals surface area contributed by atoms with Crippen molar-refractivity contribution >= 4 is 5.97 Å². The third-order valence-corrected chi connectivity index (χ3v) is 1.39. The lowest BCUT2D eigenvalue weighted by Gasteiger charge is -2.17. The standard InChI is InChI=1S/C10H20O4/c1-6-9(12-7(2)3)10(11)14-13-8(4)5/h7-9H,6H2,1-5H3. The number of ether oxygens (including phenoxy) is 1. The maximum absolute atomic E-state index is 11.3. The summed E-state index contributed by atoms with van der Waals surface area (Å²) >= 11 is 0. The summed E-state index contributed by atoms with van der Waals surface area (Å²) in [6, 6.07) is 0. The van der Waals surface area contributed by atoms with Crippen LogP contribution in [-0.2, 0) is 19.3 Å². The fraction of sp³-hybridized carbons (Fsp3) is 0.900. The van der Waals surface area contributed by atoms with Crippen LogP contribution in [0.1, 0.15) is 41.0 Å². The minimum Gasteiger partial charge on any atom is -0.364 e. The van der Waals surface area contributed by atoms with Crippen molar-refractivity contribution in [1.29, 1.82) is 0 Å². The first kappa shape index (κ1) is 13.4. The second-order valence-corrected chi connectivity index (χ2v) is 3.63. The molecule has 0 fully saturated rings. The molecule has 0 saturated heterocycles. The van der Waals surface area contributed by atoms with Crippen molar-refractivity contribution in [3.05, 3.63) is 0 Å². The van der Waals surface area contributed by atoms with E-state index in [0.29, 0.717) is 6.42 Å². The van der Waals surface area contributed by atoms with Gasteiger partial charge in [-0.1, -0.05) is 6.92 Å². The molecule has 1 atom stereocenters. The summed E-state index contributed by atoms with van der Waals surface area (Å²) in [6.45, 7) is 9.19. The van der Waals surface area contributed by atoms with Crippen molar-refractivity contribution in [2.45, 2.75) is 59.4 Å². The molecule has 1 unspecified atom stereocenters. The predicted octanol–water partition coefficient (Wildman–Crippen LogP) is 2.07. The Kier molecular flexibility index (Phi) is 6.49. The Labute approximate surface area is 85.5 Å². The molecule has 0 N–H and O–H groups in total. The van der Waals surface area contributed by atoms with E-state index in [1.807, 2.05) is 20.8 Å². The van der Waals surface area contributed by atoms with Gasteiger partial charge in [0.25, 0.3) is 0 Å². The highest BCUT2D eigenvalue weighted by molar-refractivity contribution is 5.73. The summed E-state index contributed by atoms with van der Waals surface area (Å²) in [5.41, 5.74) is 0.